The van der Waals surface area contributed by atoms with Gasteiger partial charge < -0.3 is 5.73 Å². The van der Waals surface area contributed by atoms with Crippen molar-refractivity contribution in [1.29, 1.82) is 0 Å². The first-order valence-corrected chi connectivity index (χ1v) is 6.02. The van der Waals surface area contributed by atoms with Crippen LogP contribution >= 0.6 is 0 Å². The van der Waals surface area contributed by atoms with Gasteiger partial charge in [0.05, 0.1) is 0 Å². The van der Waals surface area contributed by atoms with Crippen molar-refractivity contribution >= 4 is 5.69 Å². The average molecular weight is 203 g/mol. The molecule has 0 amide bonds. The maximum absolute atomic E-state index is 5.71. The first-order valence-electron chi connectivity index (χ1n) is 6.02. The minimum absolute atomic E-state index is 0.761. The molecule has 0 unspecified atom stereocenters. The van der Waals surface area contributed by atoms with E-state index in [1.165, 1.54) is 24.8 Å². The maximum Gasteiger partial charge on any atom is 0.0314 e. The van der Waals surface area contributed by atoms with Gasteiger partial charge in [-0.1, -0.05) is 26.0 Å². The number of nitrogen functional groups attached to an aromatic ring is 1. The van der Waals surface area contributed by atoms with Crippen LogP contribution in [0, 0.1) is 11.8 Å². The molecule has 15 heavy (non-hydrogen) atoms. The molecular weight excluding hydrogens is 182 g/mol. The van der Waals surface area contributed by atoms with Crippen molar-refractivity contribution < 1.29 is 0 Å². The van der Waals surface area contributed by atoms with Crippen LogP contribution in [0.5, 0.6) is 0 Å². The first-order chi connectivity index (χ1) is 7.16. The number of hydrogen-bond donors (Lipinski definition) is 1. The molecule has 1 saturated carbocycles. The summed E-state index contributed by atoms with van der Waals surface area (Å²) in [4.78, 5) is 0. The summed E-state index contributed by atoms with van der Waals surface area (Å²) in [5.41, 5.74) is 8.05. The zero-order valence-corrected chi connectivity index (χ0v) is 9.74. The number of hydrogen-bond acceptors (Lipinski definition) is 1. The molecule has 1 fully saturated rings. The Morgan fingerprint density at radius 3 is 2.27 bits per heavy atom. The smallest absolute Gasteiger partial charge is 0.0314 e. The molecular formula is C14H21N. The summed E-state index contributed by atoms with van der Waals surface area (Å²) in [6, 6.07) is 8.45. The third-order valence-electron chi connectivity index (χ3n) is 4.01. The predicted octanol–water partition coefficient (Wildman–Crippen LogP) is 3.81. The van der Waals surface area contributed by atoms with Gasteiger partial charge in [0.25, 0.3) is 0 Å². The number of benzene rings is 1. The Labute approximate surface area is 92.7 Å². The zero-order chi connectivity index (χ0) is 10.8. The van der Waals surface area contributed by atoms with E-state index in [9.17, 15) is 0 Å². The van der Waals surface area contributed by atoms with Crippen LogP contribution < -0.4 is 5.73 Å². The van der Waals surface area contributed by atoms with E-state index in [1.807, 2.05) is 12.1 Å². The molecule has 1 aliphatic rings. The van der Waals surface area contributed by atoms with Crippen LogP contribution in [0.4, 0.5) is 5.69 Å². The highest BCUT2D eigenvalue weighted by Crippen LogP contribution is 2.39. The summed E-state index contributed by atoms with van der Waals surface area (Å²) in [7, 11) is 0. The van der Waals surface area contributed by atoms with E-state index in [2.05, 4.69) is 26.0 Å². The molecule has 0 radical (unpaired) electrons. The summed E-state index contributed by atoms with van der Waals surface area (Å²) >= 11 is 0. The lowest BCUT2D eigenvalue weighted by Crippen LogP contribution is -2.19. The molecule has 3 atom stereocenters. The monoisotopic (exact) mass is 203 g/mol. The highest BCUT2D eigenvalue weighted by Gasteiger charge is 2.25. The second-order valence-electron chi connectivity index (χ2n) is 5.13. The van der Waals surface area contributed by atoms with Gasteiger partial charge >= 0.3 is 0 Å². The van der Waals surface area contributed by atoms with Crippen molar-refractivity contribution in [2.45, 2.75) is 39.0 Å². The van der Waals surface area contributed by atoms with E-state index in [0.717, 1.165) is 23.4 Å². The van der Waals surface area contributed by atoms with Gasteiger partial charge in [0.2, 0.25) is 0 Å². The number of nitrogens with two attached hydrogens (primary N) is 1. The SMILES string of the molecule is C[C@@H]1CC[C@H](c2ccc(N)cc2)C[C@@H]1C. The molecule has 0 bridgehead atoms. The van der Waals surface area contributed by atoms with Gasteiger partial charge in [-0.25, -0.2) is 0 Å². The third-order valence-corrected chi connectivity index (χ3v) is 4.01. The van der Waals surface area contributed by atoms with Gasteiger partial charge in [0.1, 0.15) is 0 Å². The second-order valence-corrected chi connectivity index (χ2v) is 5.13. The van der Waals surface area contributed by atoms with E-state index in [4.69, 9.17) is 5.73 Å². The van der Waals surface area contributed by atoms with Gasteiger partial charge in [0.15, 0.2) is 0 Å². The summed E-state index contributed by atoms with van der Waals surface area (Å²) in [5, 5.41) is 0. The molecule has 2 N–H and O–H groups in total. The Bertz CT molecular complexity index is 315. The minimum atomic E-state index is 0.761. The van der Waals surface area contributed by atoms with Crippen molar-refractivity contribution in [2.24, 2.45) is 11.8 Å². The minimum Gasteiger partial charge on any atom is -0.399 e. The van der Waals surface area contributed by atoms with Crippen LogP contribution in [0.2, 0.25) is 0 Å². The van der Waals surface area contributed by atoms with Crippen LogP contribution in [0.15, 0.2) is 24.3 Å². The largest absolute Gasteiger partial charge is 0.399 e. The molecule has 1 aromatic carbocycles. The van der Waals surface area contributed by atoms with Gasteiger partial charge in [-0.15, -0.1) is 0 Å². The fraction of sp³-hybridized carbons (Fsp3) is 0.571. The van der Waals surface area contributed by atoms with Crippen LogP contribution in [0.1, 0.15) is 44.6 Å². The average Bonchev–Trinajstić information content (AvgIpc) is 2.23. The van der Waals surface area contributed by atoms with Crippen LogP contribution in [-0.2, 0) is 0 Å². The fourth-order valence-electron chi connectivity index (χ4n) is 2.62. The Morgan fingerprint density at radius 1 is 1.00 bits per heavy atom. The summed E-state index contributed by atoms with van der Waals surface area (Å²) in [6.45, 7) is 4.76. The normalized spacial score (nSPS) is 31.5. The Hall–Kier alpha value is -0.980. The van der Waals surface area contributed by atoms with E-state index in [0.29, 0.717) is 0 Å². The van der Waals surface area contributed by atoms with E-state index in [1.54, 1.807) is 0 Å². The molecule has 0 aliphatic heterocycles. The lowest BCUT2D eigenvalue weighted by atomic mass is 9.73. The summed E-state index contributed by atoms with van der Waals surface area (Å²) < 4.78 is 0. The highest BCUT2D eigenvalue weighted by atomic mass is 14.5. The summed E-state index contributed by atoms with van der Waals surface area (Å²) in [5.74, 6) is 2.52. The Balaban J connectivity index is 2.08. The molecule has 1 aromatic rings. The number of anilines is 1. The lowest BCUT2D eigenvalue weighted by Gasteiger charge is -2.32. The highest BCUT2D eigenvalue weighted by molar-refractivity contribution is 5.40. The van der Waals surface area contributed by atoms with E-state index in [-0.39, 0.29) is 0 Å². The lowest BCUT2D eigenvalue weighted by molar-refractivity contribution is 0.250. The molecule has 1 aliphatic carbocycles. The molecule has 2 rings (SSSR count). The van der Waals surface area contributed by atoms with E-state index >= 15 is 0 Å². The van der Waals surface area contributed by atoms with Gasteiger partial charge in [-0.2, -0.15) is 0 Å². The molecule has 0 aromatic heterocycles. The molecule has 0 heterocycles. The van der Waals surface area contributed by atoms with Crippen LogP contribution in [0.3, 0.4) is 0 Å². The molecule has 0 saturated heterocycles. The molecule has 1 heteroatoms. The quantitative estimate of drug-likeness (QED) is 0.690. The first kappa shape index (κ1) is 10.5. The third kappa shape index (κ3) is 2.34. The second kappa shape index (κ2) is 4.26. The van der Waals surface area contributed by atoms with Crippen LogP contribution in [0.25, 0.3) is 0 Å². The molecule has 0 spiro atoms. The Morgan fingerprint density at radius 2 is 1.67 bits per heavy atom. The van der Waals surface area contributed by atoms with E-state index < -0.39 is 0 Å². The van der Waals surface area contributed by atoms with Gasteiger partial charge in [-0.05, 0) is 54.7 Å². The van der Waals surface area contributed by atoms with Gasteiger partial charge in [-0.3, -0.25) is 0 Å². The van der Waals surface area contributed by atoms with Crippen LogP contribution in [-0.4, -0.2) is 0 Å². The van der Waals surface area contributed by atoms with Gasteiger partial charge in [0, 0.05) is 5.69 Å². The molecule has 82 valence electrons. The fourth-order valence-corrected chi connectivity index (χ4v) is 2.62. The summed E-state index contributed by atoms with van der Waals surface area (Å²) in [6.07, 6.45) is 4.05. The maximum atomic E-state index is 5.71. The zero-order valence-electron chi connectivity index (χ0n) is 9.74. The number of rotatable bonds is 1. The van der Waals surface area contributed by atoms with Crippen molar-refractivity contribution in [3.05, 3.63) is 29.8 Å². The van der Waals surface area contributed by atoms with Crippen molar-refractivity contribution in [3.8, 4) is 0 Å². The Kier molecular flexibility index (Phi) is 2.99. The van der Waals surface area contributed by atoms with Crippen molar-refractivity contribution in [1.82, 2.24) is 0 Å². The predicted molar refractivity (Wildman–Crippen MR) is 65.8 cm³/mol. The molecule has 1 nitrogen and oxygen atoms in total. The topological polar surface area (TPSA) is 26.0 Å². The van der Waals surface area contributed by atoms with Crippen molar-refractivity contribution in [3.63, 3.8) is 0 Å². The van der Waals surface area contributed by atoms with Crippen molar-refractivity contribution in [2.75, 3.05) is 5.73 Å². The standard InChI is InChI=1S/C14H21N/c1-10-3-4-13(9-11(10)2)12-5-7-14(15)8-6-12/h5-8,10-11,13H,3-4,9,15H2,1-2H3/t10-,11+,13+/m1/s1.